The Morgan fingerprint density at radius 2 is 1.68 bits per heavy atom. The second-order valence-corrected chi connectivity index (χ2v) is 4.97. The Balaban J connectivity index is 1.89. The molecule has 0 bridgehead atoms. The third kappa shape index (κ3) is 3.35. The summed E-state index contributed by atoms with van der Waals surface area (Å²) in [5.41, 5.74) is 2.66. The summed E-state index contributed by atoms with van der Waals surface area (Å²) in [6, 6.07) is 19.3. The van der Waals surface area contributed by atoms with Crippen molar-refractivity contribution in [3.63, 3.8) is 0 Å². The van der Waals surface area contributed by atoms with E-state index < -0.39 is 0 Å². The Morgan fingerprint density at radius 3 is 2.36 bits per heavy atom. The van der Waals surface area contributed by atoms with Gasteiger partial charge in [-0.3, -0.25) is 0 Å². The summed E-state index contributed by atoms with van der Waals surface area (Å²) in [6.07, 6.45) is 0. The van der Waals surface area contributed by atoms with E-state index in [2.05, 4.69) is 15.3 Å². The Labute approximate surface area is 133 Å². The van der Waals surface area contributed by atoms with Crippen LogP contribution >= 0.6 is 11.6 Å². The maximum absolute atomic E-state index is 6.03. The highest BCUT2D eigenvalue weighted by atomic mass is 35.5. The maximum atomic E-state index is 6.03. The number of anilines is 2. The lowest BCUT2D eigenvalue weighted by atomic mass is 10.1. The van der Waals surface area contributed by atoms with E-state index in [9.17, 15) is 0 Å². The molecular formula is C17H14ClN3O. The highest BCUT2D eigenvalue weighted by Gasteiger charge is 2.05. The van der Waals surface area contributed by atoms with E-state index in [4.69, 9.17) is 16.3 Å². The van der Waals surface area contributed by atoms with E-state index in [0.29, 0.717) is 5.82 Å². The molecule has 0 unspecified atom stereocenters. The molecule has 0 amide bonds. The third-order valence-corrected chi connectivity index (χ3v) is 3.30. The molecule has 0 fully saturated rings. The molecule has 110 valence electrons. The van der Waals surface area contributed by atoms with Crippen molar-refractivity contribution in [1.29, 1.82) is 0 Å². The summed E-state index contributed by atoms with van der Waals surface area (Å²) in [7, 11) is 1.64. The number of halogens is 1. The second kappa shape index (κ2) is 6.45. The fourth-order valence-corrected chi connectivity index (χ4v) is 2.24. The van der Waals surface area contributed by atoms with Gasteiger partial charge in [-0.25, -0.2) is 9.97 Å². The number of benzene rings is 2. The predicted molar refractivity (Wildman–Crippen MR) is 88.8 cm³/mol. The quantitative estimate of drug-likeness (QED) is 0.718. The molecule has 0 saturated carbocycles. The standard InChI is InChI=1S/C17H14ClN3O/c1-22-14-9-7-13(8-10-14)19-16-11-15(20-17(18)21-16)12-5-3-2-4-6-12/h2-11H,1H3,(H,19,20,21). The van der Waals surface area contributed by atoms with Crippen molar-refractivity contribution in [3.05, 3.63) is 65.9 Å². The van der Waals surface area contributed by atoms with Gasteiger partial charge < -0.3 is 10.1 Å². The molecule has 2 aromatic carbocycles. The van der Waals surface area contributed by atoms with Crippen molar-refractivity contribution < 1.29 is 4.74 Å². The van der Waals surface area contributed by atoms with Gasteiger partial charge in [-0.1, -0.05) is 30.3 Å². The van der Waals surface area contributed by atoms with Crippen LogP contribution in [0.3, 0.4) is 0 Å². The molecule has 0 aliphatic carbocycles. The van der Waals surface area contributed by atoms with Crippen LogP contribution in [0, 0.1) is 0 Å². The van der Waals surface area contributed by atoms with Crippen LogP contribution in [-0.2, 0) is 0 Å². The molecule has 0 atom stereocenters. The van der Waals surface area contributed by atoms with Crippen LogP contribution in [0.15, 0.2) is 60.7 Å². The van der Waals surface area contributed by atoms with Crippen molar-refractivity contribution in [2.45, 2.75) is 0 Å². The molecule has 1 aromatic heterocycles. The van der Waals surface area contributed by atoms with Gasteiger partial charge in [-0.15, -0.1) is 0 Å². The summed E-state index contributed by atoms with van der Waals surface area (Å²) < 4.78 is 5.14. The van der Waals surface area contributed by atoms with Crippen LogP contribution in [0.25, 0.3) is 11.3 Å². The number of hydrogen-bond acceptors (Lipinski definition) is 4. The molecule has 3 rings (SSSR count). The van der Waals surface area contributed by atoms with Crippen LogP contribution < -0.4 is 10.1 Å². The van der Waals surface area contributed by atoms with E-state index in [1.807, 2.05) is 60.7 Å². The first-order valence-electron chi connectivity index (χ1n) is 6.76. The Bertz CT molecular complexity index is 761. The fraction of sp³-hybridized carbons (Fsp3) is 0.0588. The molecule has 0 radical (unpaired) electrons. The summed E-state index contributed by atoms with van der Waals surface area (Å²) in [4.78, 5) is 8.48. The van der Waals surface area contributed by atoms with Crippen molar-refractivity contribution in [3.8, 4) is 17.0 Å². The van der Waals surface area contributed by atoms with Crippen LogP contribution in [0.4, 0.5) is 11.5 Å². The lowest BCUT2D eigenvalue weighted by Crippen LogP contribution is -1.97. The van der Waals surface area contributed by atoms with Gasteiger partial charge >= 0.3 is 0 Å². The summed E-state index contributed by atoms with van der Waals surface area (Å²) in [6.45, 7) is 0. The molecule has 1 heterocycles. The smallest absolute Gasteiger partial charge is 0.224 e. The van der Waals surface area contributed by atoms with Gasteiger partial charge in [0.1, 0.15) is 11.6 Å². The zero-order valence-corrected chi connectivity index (χ0v) is 12.7. The van der Waals surface area contributed by atoms with E-state index in [1.165, 1.54) is 0 Å². The molecular weight excluding hydrogens is 298 g/mol. The molecule has 3 aromatic rings. The van der Waals surface area contributed by atoms with Crippen LogP contribution in [0.2, 0.25) is 5.28 Å². The van der Waals surface area contributed by atoms with E-state index in [0.717, 1.165) is 22.7 Å². The van der Waals surface area contributed by atoms with Gasteiger partial charge in [-0.2, -0.15) is 0 Å². The van der Waals surface area contributed by atoms with Gasteiger partial charge in [0.15, 0.2) is 0 Å². The van der Waals surface area contributed by atoms with E-state index in [-0.39, 0.29) is 5.28 Å². The van der Waals surface area contributed by atoms with Crippen LogP contribution in [0.5, 0.6) is 5.75 Å². The molecule has 0 aliphatic heterocycles. The van der Waals surface area contributed by atoms with Gasteiger partial charge in [0.2, 0.25) is 5.28 Å². The molecule has 0 saturated heterocycles. The molecule has 0 aliphatic rings. The minimum absolute atomic E-state index is 0.206. The SMILES string of the molecule is COc1ccc(Nc2cc(-c3ccccc3)nc(Cl)n2)cc1. The number of rotatable bonds is 4. The second-order valence-electron chi connectivity index (χ2n) is 4.63. The van der Waals surface area contributed by atoms with Crippen LogP contribution in [-0.4, -0.2) is 17.1 Å². The Kier molecular flexibility index (Phi) is 4.21. The molecule has 5 heteroatoms. The molecule has 4 nitrogen and oxygen atoms in total. The van der Waals surface area contributed by atoms with Crippen molar-refractivity contribution in [2.24, 2.45) is 0 Å². The lowest BCUT2D eigenvalue weighted by molar-refractivity contribution is 0.415. The highest BCUT2D eigenvalue weighted by molar-refractivity contribution is 6.28. The van der Waals surface area contributed by atoms with Gasteiger partial charge in [0.05, 0.1) is 12.8 Å². The Hall–Kier alpha value is -2.59. The van der Waals surface area contributed by atoms with Crippen LogP contribution in [0.1, 0.15) is 0 Å². The summed E-state index contributed by atoms with van der Waals surface area (Å²) in [5, 5.41) is 3.42. The first-order valence-corrected chi connectivity index (χ1v) is 7.13. The number of aromatic nitrogens is 2. The number of nitrogens with one attached hydrogen (secondary N) is 1. The number of methoxy groups -OCH3 is 1. The van der Waals surface area contributed by atoms with Crippen molar-refractivity contribution >= 4 is 23.1 Å². The fourth-order valence-electron chi connectivity index (χ4n) is 2.06. The average molecular weight is 312 g/mol. The average Bonchev–Trinajstić information content (AvgIpc) is 2.56. The first kappa shape index (κ1) is 14.4. The normalized spacial score (nSPS) is 10.3. The van der Waals surface area contributed by atoms with Gasteiger partial charge in [0.25, 0.3) is 0 Å². The lowest BCUT2D eigenvalue weighted by Gasteiger charge is -2.09. The number of ether oxygens (including phenoxy) is 1. The zero-order valence-electron chi connectivity index (χ0n) is 12.0. The van der Waals surface area contributed by atoms with E-state index >= 15 is 0 Å². The highest BCUT2D eigenvalue weighted by Crippen LogP contribution is 2.24. The molecule has 22 heavy (non-hydrogen) atoms. The predicted octanol–water partition coefficient (Wildman–Crippen LogP) is 4.55. The topological polar surface area (TPSA) is 47.0 Å². The largest absolute Gasteiger partial charge is 0.497 e. The number of nitrogens with zero attached hydrogens (tertiary/aromatic N) is 2. The molecule has 0 spiro atoms. The van der Waals surface area contributed by atoms with E-state index in [1.54, 1.807) is 7.11 Å². The van der Waals surface area contributed by atoms with Gasteiger partial charge in [0, 0.05) is 17.3 Å². The third-order valence-electron chi connectivity index (χ3n) is 3.13. The summed E-state index contributed by atoms with van der Waals surface area (Å²) >= 11 is 6.03. The first-order chi connectivity index (χ1) is 10.7. The Morgan fingerprint density at radius 1 is 0.955 bits per heavy atom. The minimum Gasteiger partial charge on any atom is -0.497 e. The van der Waals surface area contributed by atoms with Gasteiger partial charge in [-0.05, 0) is 35.9 Å². The molecule has 1 N–H and O–H groups in total. The maximum Gasteiger partial charge on any atom is 0.224 e. The minimum atomic E-state index is 0.206. The van der Waals surface area contributed by atoms with Crippen molar-refractivity contribution in [2.75, 3.05) is 12.4 Å². The monoisotopic (exact) mass is 311 g/mol. The van der Waals surface area contributed by atoms with Crippen molar-refractivity contribution in [1.82, 2.24) is 9.97 Å². The number of hydrogen-bond donors (Lipinski definition) is 1. The zero-order chi connectivity index (χ0) is 15.4. The summed E-state index contributed by atoms with van der Waals surface area (Å²) in [5.74, 6) is 1.44.